The van der Waals surface area contributed by atoms with Gasteiger partial charge in [-0.15, -0.1) is 7.05 Å². The van der Waals surface area contributed by atoms with E-state index in [4.69, 9.17) is 0 Å². The summed E-state index contributed by atoms with van der Waals surface area (Å²) in [7, 11) is 4.08. The van der Waals surface area contributed by atoms with E-state index in [9.17, 15) is 0 Å². The maximum Gasteiger partial charge on any atom is 0.117 e. The fourth-order valence-corrected chi connectivity index (χ4v) is 1.95. The van der Waals surface area contributed by atoms with Crippen molar-refractivity contribution in [2.45, 2.75) is 20.8 Å². The molecule has 1 aromatic rings. The van der Waals surface area contributed by atoms with Gasteiger partial charge >= 0.3 is 0 Å². The highest BCUT2D eigenvalue weighted by molar-refractivity contribution is 5.77. The zero-order chi connectivity index (χ0) is 10.3. The van der Waals surface area contributed by atoms with Crippen molar-refractivity contribution < 1.29 is 4.90 Å². The number of para-hydroxylation sites is 1. The average molecular weight is 187 g/mol. The zero-order valence-electron chi connectivity index (χ0n) is 9.09. The van der Waals surface area contributed by atoms with E-state index in [2.05, 4.69) is 58.3 Å². The van der Waals surface area contributed by atoms with Crippen LogP contribution in [-0.2, 0) is 0 Å². The van der Waals surface area contributed by atoms with Gasteiger partial charge in [-0.1, -0.05) is 32.9 Å². The number of allylic oxidation sites excluding steroid dienone is 1. The normalized spacial score (nSPS) is 20.6. The van der Waals surface area contributed by atoms with Gasteiger partial charge in [-0.3, -0.25) is 0 Å². The fraction of sp³-hybridized carbons (Fsp3) is 0.308. The summed E-state index contributed by atoms with van der Waals surface area (Å²) in [6, 6.07) is 8.50. The molecule has 1 heteroatoms. The molecule has 1 atom stereocenters. The summed E-state index contributed by atoms with van der Waals surface area (Å²) in [5.41, 5.74) is 4.25. The minimum Gasteiger partial charge on any atom is -0.407 e. The first-order valence-corrected chi connectivity index (χ1v) is 5.01. The molecule has 0 fully saturated rings. The molecule has 1 nitrogen and oxygen atoms in total. The van der Waals surface area contributed by atoms with Crippen LogP contribution in [0.5, 0.6) is 0 Å². The van der Waals surface area contributed by atoms with E-state index in [1.807, 2.05) is 0 Å². The smallest absolute Gasteiger partial charge is 0.117 e. The maximum atomic E-state index is 4.08. The molecule has 0 spiro atoms. The molecule has 0 saturated heterocycles. The lowest BCUT2D eigenvalue weighted by Gasteiger charge is -2.18. The van der Waals surface area contributed by atoms with Crippen LogP contribution in [0.15, 0.2) is 30.5 Å². The van der Waals surface area contributed by atoms with Gasteiger partial charge in [0.2, 0.25) is 0 Å². The minimum atomic E-state index is 0.204. The van der Waals surface area contributed by atoms with Gasteiger partial charge in [0.25, 0.3) is 0 Å². The molecule has 0 amide bonds. The number of rotatable bonds is 0. The van der Waals surface area contributed by atoms with E-state index in [0.29, 0.717) is 0 Å². The van der Waals surface area contributed by atoms with Crippen LogP contribution in [0.2, 0.25) is 0 Å². The van der Waals surface area contributed by atoms with Crippen LogP contribution in [0.25, 0.3) is 5.57 Å². The van der Waals surface area contributed by atoms with Crippen molar-refractivity contribution >= 4 is 11.3 Å². The second-order valence-electron chi connectivity index (χ2n) is 4.88. The second kappa shape index (κ2) is 2.96. The van der Waals surface area contributed by atoms with Gasteiger partial charge in [0, 0.05) is 11.1 Å². The Morgan fingerprint density at radius 2 is 1.79 bits per heavy atom. The Balaban J connectivity index is 2.54. The number of quaternary nitrogens is 1. The quantitative estimate of drug-likeness (QED) is 0.595. The van der Waals surface area contributed by atoms with Crippen molar-refractivity contribution in [2.75, 3.05) is 0 Å². The highest BCUT2D eigenvalue weighted by atomic mass is 15.1. The predicted octanol–water partition coefficient (Wildman–Crippen LogP) is 2.40. The van der Waals surface area contributed by atoms with E-state index in [-0.39, 0.29) is 5.41 Å². The molecule has 0 saturated carbocycles. The third kappa shape index (κ3) is 1.38. The summed E-state index contributed by atoms with van der Waals surface area (Å²) in [6.45, 7) is 6.73. The molecule has 2 rings (SSSR count). The minimum absolute atomic E-state index is 0.204. The number of nitrogens with one attached hydrogen (secondary N) is 1. The summed E-state index contributed by atoms with van der Waals surface area (Å²) < 4.78 is 0. The van der Waals surface area contributed by atoms with Gasteiger partial charge < -0.3 is 4.90 Å². The molecule has 0 bridgehead atoms. The summed E-state index contributed by atoms with van der Waals surface area (Å²) >= 11 is 0. The van der Waals surface area contributed by atoms with Crippen LogP contribution in [0, 0.1) is 12.5 Å². The molecule has 1 aromatic carbocycles. The van der Waals surface area contributed by atoms with Gasteiger partial charge in [0.05, 0.1) is 6.20 Å². The summed E-state index contributed by atoms with van der Waals surface area (Å²) in [4.78, 5) is 1.14. The lowest BCUT2D eigenvalue weighted by atomic mass is 9.83. The van der Waals surface area contributed by atoms with Crippen LogP contribution >= 0.6 is 0 Å². The average Bonchev–Trinajstić information content (AvgIpc) is 2.44. The van der Waals surface area contributed by atoms with Crippen molar-refractivity contribution in [2.24, 2.45) is 5.41 Å². The molecule has 1 unspecified atom stereocenters. The molecule has 1 aliphatic heterocycles. The van der Waals surface area contributed by atoms with Crippen molar-refractivity contribution in [3.8, 4) is 0 Å². The van der Waals surface area contributed by atoms with Crippen LogP contribution in [0.1, 0.15) is 26.3 Å². The summed E-state index contributed by atoms with van der Waals surface area (Å²) in [5.74, 6) is 0. The standard InChI is InChI=1S/C13H17N/c1-13(2,3)11-9-14(4)12-8-6-5-7-10(11)12/h5-9,14H,4H2,1-3H3. The van der Waals surface area contributed by atoms with Crippen LogP contribution in [0.4, 0.5) is 5.69 Å². The highest BCUT2D eigenvalue weighted by Gasteiger charge is 2.28. The molecule has 14 heavy (non-hydrogen) atoms. The van der Waals surface area contributed by atoms with Crippen molar-refractivity contribution in [1.29, 1.82) is 0 Å². The SMILES string of the molecule is [CH2-][NH+]1C=C(C(C)(C)C)c2ccccc21. The first kappa shape index (κ1) is 9.47. The van der Waals surface area contributed by atoms with Gasteiger partial charge in [-0.05, 0) is 17.5 Å². The number of hydrogen-bond donors (Lipinski definition) is 1. The number of benzene rings is 1. The Labute approximate surface area is 86.1 Å². The van der Waals surface area contributed by atoms with E-state index in [1.54, 1.807) is 0 Å². The molecular formula is C13H17N. The number of fused-ring (bicyclic) bond motifs is 1. The van der Waals surface area contributed by atoms with E-state index in [1.165, 1.54) is 16.8 Å². The molecule has 0 aliphatic carbocycles. The Morgan fingerprint density at radius 3 is 2.43 bits per heavy atom. The number of hydrogen-bond acceptors (Lipinski definition) is 0. The summed E-state index contributed by atoms with van der Waals surface area (Å²) in [6.07, 6.45) is 2.21. The van der Waals surface area contributed by atoms with E-state index >= 15 is 0 Å². The second-order valence-corrected chi connectivity index (χ2v) is 4.88. The van der Waals surface area contributed by atoms with Gasteiger partial charge in [-0.25, -0.2) is 0 Å². The van der Waals surface area contributed by atoms with Gasteiger partial charge in [-0.2, -0.15) is 0 Å². The predicted molar refractivity (Wildman–Crippen MR) is 59.9 cm³/mol. The Hall–Kier alpha value is -1.08. The van der Waals surface area contributed by atoms with Crippen molar-refractivity contribution in [1.82, 2.24) is 0 Å². The third-order valence-corrected chi connectivity index (χ3v) is 2.69. The molecular weight excluding hydrogens is 170 g/mol. The first-order valence-electron chi connectivity index (χ1n) is 5.01. The van der Waals surface area contributed by atoms with Gasteiger partial charge in [0.1, 0.15) is 5.69 Å². The van der Waals surface area contributed by atoms with Crippen LogP contribution < -0.4 is 4.90 Å². The largest absolute Gasteiger partial charge is 0.407 e. The van der Waals surface area contributed by atoms with Crippen molar-refractivity contribution in [3.63, 3.8) is 0 Å². The molecule has 1 heterocycles. The van der Waals surface area contributed by atoms with Crippen molar-refractivity contribution in [3.05, 3.63) is 43.1 Å². The molecule has 0 aromatic heterocycles. The molecule has 1 N–H and O–H groups in total. The van der Waals surface area contributed by atoms with Crippen LogP contribution in [-0.4, -0.2) is 0 Å². The van der Waals surface area contributed by atoms with Crippen LogP contribution in [0.3, 0.4) is 0 Å². The zero-order valence-corrected chi connectivity index (χ0v) is 9.09. The van der Waals surface area contributed by atoms with E-state index < -0.39 is 0 Å². The topological polar surface area (TPSA) is 4.44 Å². The third-order valence-electron chi connectivity index (χ3n) is 2.69. The first-order chi connectivity index (χ1) is 6.50. The Morgan fingerprint density at radius 1 is 1.14 bits per heavy atom. The summed E-state index contributed by atoms with van der Waals surface area (Å²) in [5, 5.41) is 0. The molecule has 0 radical (unpaired) electrons. The highest BCUT2D eigenvalue weighted by Crippen LogP contribution is 2.38. The Bertz CT molecular complexity index is 382. The molecule has 74 valence electrons. The fourth-order valence-electron chi connectivity index (χ4n) is 1.95. The Kier molecular flexibility index (Phi) is 2.00. The van der Waals surface area contributed by atoms with Gasteiger partial charge in [0.15, 0.2) is 0 Å². The van der Waals surface area contributed by atoms with E-state index in [0.717, 1.165) is 4.90 Å². The maximum absolute atomic E-state index is 4.08. The lowest BCUT2D eigenvalue weighted by molar-refractivity contribution is -0.717. The lowest BCUT2D eigenvalue weighted by Crippen LogP contribution is -2.95. The molecule has 1 aliphatic rings. The monoisotopic (exact) mass is 187 g/mol.